The van der Waals surface area contributed by atoms with E-state index in [2.05, 4.69) is 15.4 Å². The summed E-state index contributed by atoms with van der Waals surface area (Å²) in [6, 6.07) is 23.3. The lowest BCUT2D eigenvalue weighted by Crippen LogP contribution is -2.32. The van der Waals surface area contributed by atoms with Gasteiger partial charge < -0.3 is 5.32 Å². The molecule has 8 nitrogen and oxygen atoms in total. The second-order valence-corrected chi connectivity index (χ2v) is 7.60. The van der Waals surface area contributed by atoms with Crippen LogP contribution >= 0.6 is 0 Å². The fourth-order valence-corrected chi connectivity index (χ4v) is 3.73. The lowest BCUT2D eigenvalue weighted by atomic mass is 10.1. The third-order valence-corrected chi connectivity index (χ3v) is 5.36. The molecule has 0 saturated heterocycles. The van der Waals surface area contributed by atoms with Crippen LogP contribution in [0.1, 0.15) is 17.3 Å². The van der Waals surface area contributed by atoms with Crippen LogP contribution in [0.5, 0.6) is 0 Å². The highest BCUT2D eigenvalue weighted by Gasteiger charge is 2.17. The Morgan fingerprint density at radius 1 is 0.909 bits per heavy atom. The summed E-state index contributed by atoms with van der Waals surface area (Å²) in [5.41, 5.74) is 2.45. The summed E-state index contributed by atoms with van der Waals surface area (Å²) in [5.74, 6) is 0.00750. The summed E-state index contributed by atoms with van der Waals surface area (Å²) >= 11 is 0. The monoisotopic (exact) mass is 437 g/mol. The highest BCUT2D eigenvalue weighted by atomic mass is 16.2. The molecule has 0 aliphatic heterocycles. The molecule has 1 amide bonds. The van der Waals surface area contributed by atoms with Crippen molar-refractivity contribution in [2.45, 2.75) is 13.5 Å². The van der Waals surface area contributed by atoms with Crippen molar-refractivity contribution in [1.29, 1.82) is 0 Å². The Kier molecular flexibility index (Phi) is 5.02. The number of fused-ring (bicyclic) bond motifs is 3. The smallest absolute Gasteiger partial charge is 0.325 e. The van der Waals surface area contributed by atoms with Gasteiger partial charge in [0, 0.05) is 22.2 Å². The minimum Gasteiger partial charge on any atom is -0.325 e. The Morgan fingerprint density at radius 2 is 1.61 bits per heavy atom. The minimum absolute atomic E-state index is 0.0538. The van der Waals surface area contributed by atoms with Gasteiger partial charge in [0.2, 0.25) is 5.91 Å². The summed E-state index contributed by atoms with van der Waals surface area (Å²) < 4.78 is 2.62. The van der Waals surface area contributed by atoms with Gasteiger partial charge >= 0.3 is 5.69 Å². The van der Waals surface area contributed by atoms with E-state index in [-0.39, 0.29) is 18.2 Å². The molecule has 0 atom stereocenters. The first-order valence-corrected chi connectivity index (χ1v) is 10.4. The molecule has 0 saturated carbocycles. The molecule has 2 heterocycles. The van der Waals surface area contributed by atoms with Gasteiger partial charge in [0.1, 0.15) is 6.54 Å². The molecule has 2 aromatic heterocycles. The maximum atomic E-state index is 13.3. The number of carbonyl (C=O) groups excluding carboxylic acids is 2. The van der Waals surface area contributed by atoms with Gasteiger partial charge in [0.25, 0.3) is 0 Å². The Labute approximate surface area is 188 Å². The van der Waals surface area contributed by atoms with E-state index in [9.17, 15) is 14.4 Å². The standard InChI is InChI=1S/C25H19N5O3/c1-16(31)17-11-13-19(14-12-17)26-22(32)15-29-21-10-6-5-9-20(21)24-27-23(28-30(24)25(29)33)18-7-3-2-4-8-18/h2-14H,15H2,1H3,(H,26,32). The molecule has 0 aliphatic rings. The Balaban J connectivity index is 1.54. The van der Waals surface area contributed by atoms with Crippen molar-refractivity contribution in [1.82, 2.24) is 19.2 Å². The lowest BCUT2D eigenvalue weighted by Gasteiger charge is -2.11. The molecule has 0 fully saturated rings. The predicted octanol–water partition coefficient (Wildman–Crippen LogP) is 3.55. The van der Waals surface area contributed by atoms with E-state index in [0.717, 1.165) is 5.56 Å². The summed E-state index contributed by atoms with van der Waals surface area (Å²) in [5, 5.41) is 7.91. The lowest BCUT2D eigenvalue weighted by molar-refractivity contribution is -0.116. The molecule has 0 radical (unpaired) electrons. The number of hydrogen-bond acceptors (Lipinski definition) is 5. The zero-order valence-electron chi connectivity index (χ0n) is 17.7. The van der Waals surface area contributed by atoms with Gasteiger partial charge in [-0.15, -0.1) is 5.10 Å². The normalized spacial score (nSPS) is 11.1. The first-order valence-electron chi connectivity index (χ1n) is 10.4. The van der Waals surface area contributed by atoms with Crippen LogP contribution in [0.3, 0.4) is 0 Å². The van der Waals surface area contributed by atoms with Crippen molar-refractivity contribution in [2.75, 3.05) is 5.32 Å². The van der Waals surface area contributed by atoms with Crippen LogP contribution in [0.4, 0.5) is 5.69 Å². The van der Waals surface area contributed by atoms with Crippen LogP contribution in [-0.4, -0.2) is 30.9 Å². The highest BCUT2D eigenvalue weighted by Crippen LogP contribution is 2.21. The molecule has 5 rings (SSSR count). The van der Waals surface area contributed by atoms with E-state index in [4.69, 9.17) is 0 Å². The van der Waals surface area contributed by atoms with Crippen molar-refractivity contribution in [3.63, 3.8) is 0 Å². The fraction of sp³-hybridized carbons (Fsp3) is 0.0800. The molecular weight excluding hydrogens is 418 g/mol. The fourth-order valence-electron chi connectivity index (χ4n) is 3.73. The number of nitrogens with zero attached hydrogens (tertiary/aromatic N) is 4. The van der Waals surface area contributed by atoms with Crippen LogP contribution in [-0.2, 0) is 11.3 Å². The number of ketones is 1. The predicted molar refractivity (Wildman–Crippen MR) is 125 cm³/mol. The van der Waals surface area contributed by atoms with E-state index in [1.54, 1.807) is 30.3 Å². The Morgan fingerprint density at radius 3 is 2.33 bits per heavy atom. The number of benzene rings is 3. The van der Waals surface area contributed by atoms with E-state index < -0.39 is 5.69 Å². The Hall–Kier alpha value is -4.59. The maximum absolute atomic E-state index is 13.3. The number of amides is 1. The molecule has 5 aromatic rings. The van der Waals surface area contributed by atoms with Gasteiger partial charge in [-0.1, -0.05) is 42.5 Å². The van der Waals surface area contributed by atoms with E-state index in [1.807, 2.05) is 48.5 Å². The average molecular weight is 437 g/mol. The van der Waals surface area contributed by atoms with Crippen LogP contribution in [0, 0.1) is 0 Å². The zero-order valence-corrected chi connectivity index (χ0v) is 17.7. The number of aromatic nitrogens is 4. The topological polar surface area (TPSA) is 98.4 Å². The highest BCUT2D eigenvalue weighted by molar-refractivity contribution is 5.96. The molecule has 0 unspecified atom stereocenters. The summed E-state index contributed by atoms with van der Waals surface area (Å²) in [7, 11) is 0. The molecule has 33 heavy (non-hydrogen) atoms. The number of carbonyl (C=O) groups is 2. The van der Waals surface area contributed by atoms with Gasteiger partial charge in [-0.25, -0.2) is 9.78 Å². The molecule has 0 spiro atoms. The molecule has 3 aromatic carbocycles. The second-order valence-electron chi connectivity index (χ2n) is 7.60. The van der Waals surface area contributed by atoms with Gasteiger partial charge in [0.15, 0.2) is 17.3 Å². The summed E-state index contributed by atoms with van der Waals surface area (Å²) in [6.07, 6.45) is 0. The number of anilines is 1. The van der Waals surface area contributed by atoms with Crippen molar-refractivity contribution in [3.8, 4) is 11.4 Å². The zero-order chi connectivity index (χ0) is 22.9. The van der Waals surface area contributed by atoms with Gasteiger partial charge in [0.05, 0.1) is 5.52 Å². The van der Waals surface area contributed by atoms with Crippen LogP contribution in [0.15, 0.2) is 83.7 Å². The summed E-state index contributed by atoms with van der Waals surface area (Å²) in [4.78, 5) is 42.1. The van der Waals surface area contributed by atoms with E-state index in [0.29, 0.717) is 33.6 Å². The maximum Gasteiger partial charge on any atom is 0.351 e. The van der Waals surface area contributed by atoms with Gasteiger partial charge in [-0.05, 0) is 43.3 Å². The average Bonchev–Trinajstić information content (AvgIpc) is 3.29. The number of nitrogens with one attached hydrogen (secondary N) is 1. The number of hydrogen-bond donors (Lipinski definition) is 1. The second kappa shape index (κ2) is 8.16. The number of para-hydroxylation sites is 1. The summed E-state index contributed by atoms with van der Waals surface area (Å²) in [6.45, 7) is 1.28. The van der Waals surface area contributed by atoms with Crippen molar-refractivity contribution < 1.29 is 9.59 Å². The molecular formula is C25H19N5O3. The number of Topliss-reactive ketones (excluding diaryl/α,β-unsaturated/α-hetero) is 1. The van der Waals surface area contributed by atoms with Crippen LogP contribution < -0.4 is 11.0 Å². The van der Waals surface area contributed by atoms with Gasteiger partial charge in [-0.2, -0.15) is 4.52 Å². The van der Waals surface area contributed by atoms with Crippen LogP contribution in [0.25, 0.3) is 27.9 Å². The number of rotatable bonds is 5. The molecule has 1 N–H and O–H groups in total. The third-order valence-electron chi connectivity index (χ3n) is 5.36. The largest absolute Gasteiger partial charge is 0.351 e. The quantitative estimate of drug-likeness (QED) is 0.424. The molecule has 0 aliphatic carbocycles. The third kappa shape index (κ3) is 3.78. The molecule has 8 heteroatoms. The SMILES string of the molecule is CC(=O)c1ccc(NC(=O)Cn2c(=O)n3nc(-c4ccccc4)nc3c3ccccc32)cc1. The van der Waals surface area contributed by atoms with E-state index in [1.165, 1.54) is 16.0 Å². The molecule has 162 valence electrons. The first-order chi connectivity index (χ1) is 16.0. The van der Waals surface area contributed by atoms with Gasteiger partial charge in [-0.3, -0.25) is 14.2 Å². The molecule has 0 bridgehead atoms. The van der Waals surface area contributed by atoms with Crippen molar-refractivity contribution >= 4 is 33.9 Å². The van der Waals surface area contributed by atoms with E-state index >= 15 is 0 Å². The Bertz CT molecular complexity index is 1570. The van der Waals surface area contributed by atoms with Crippen LogP contribution in [0.2, 0.25) is 0 Å². The van der Waals surface area contributed by atoms with Crippen molar-refractivity contribution in [2.24, 2.45) is 0 Å². The minimum atomic E-state index is -0.458. The first kappa shape index (κ1) is 20.3. The van der Waals surface area contributed by atoms with Crippen molar-refractivity contribution in [3.05, 3.63) is 94.9 Å².